The Morgan fingerprint density at radius 2 is 2.10 bits per heavy atom. The number of nitrogens with zero attached hydrogens (tertiary/aromatic N) is 1. The van der Waals surface area contributed by atoms with Gasteiger partial charge in [0.25, 0.3) is 0 Å². The second-order valence-electron chi connectivity index (χ2n) is 1.47. The van der Waals surface area contributed by atoms with Crippen LogP contribution in [-0.2, 0) is 0 Å². The maximum absolute atomic E-state index is 5.33. The fraction of sp³-hybridized carbons (Fsp3) is 0.167. The van der Waals surface area contributed by atoms with Crippen LogP contribution in [0.3, 0.4) is 0 Å². The van der Waals surface area contributed by atoms with Crippen LogP contribution in [-0.4, -0.2) is 6.21 Å². The van der Waals surface area contributed by atoms with E-state index in [4.69, 9.17) is 5.73 Å². The van der Waals surface area contributed by atoms with Crippen molar-refractivity contribution in [3.05, 3.63) is 19.6 Å². The Morgan fingerprint density at radius 3 is 2.50 bits per heavy atom. The normalized spacial score (nSPS) is 14.7. The summed E-state index contributed by atoms with van der Waals surface area (Å²) >= 11 is 4.20. The van der Waals surface area contributed by atoms with E-state index < -0.39 is 0 Å². The summed E-state index contributed by atoms with van der Waals surface area (Å²) in [4.78, 5) is 3.95. The predicted molar refractivity (Wildman–Crippen MR) is 62.6 cm³/mol. The number of allylic oxidation sites excluding steroid dienone is 2. The van der Waals surface area contributed by atoms with Gasteiger partial charge in [-0.1, -0.05) is 6.08 Å². The van der Waals surface area contributed by atoms with Crippen LogP contribution in [0.4, 0.5) is 0 Å². The molecule has 0 aromatic heterocycles. The average Bonchev–Trinajstić information content (AvgIpc) is 1.87. The molecule has 2 nitrogen and oxygen atoms in total. The van der Waals surface area contributed by atoms with Crippen LogP contribution in [0, 0.1) is 0 Å². The van der Waals surface area contributed by atoms with Gasteiger partial charge in [-0.3, -0.25) is 4.99 Å². The minimum absolute atomic E-state index is 0.689. The maximum Gasteiger partial charge on any atom is 0.0891 e. The highest BCUT2D eigenvalue weighted by atomic mass is 127. The van der Waals surface area contributed by atoms with Crippen molar-refractivity contribution in [2.75, 3.05) is 0 Å². The Kier molecular flexibility index (Phi) is 6.39. The van der Waals surface area contributed by atoms with Gasteiger partial charge in [0.2, 0.25) is 0 Å². The molecule has 0 rings (SSSR count). The Morgan fingerprint density at radius 1 is 1.50 bits per heavy atom. The van der Waals surface area contributed by atoms with Crippen LogP contribution in [0.5, 0.6) is 0 Å². The topological polar surface area (TPSA) is 38.4 Å². The van der Waals surface area contributed by atoms with E-state index in [1.54, 1.807) is 12.4 Å². The molecule has 4 heteroatoms. The van der Waals surface area contributed by atoms with E-state index >= 15 is 0 Å². The molecule has 0 bridgehead atoms. The highest BCUT2D eigenvalue weighted by molar-refractivity contribution is 14.1. The molecule has 10 heavy (non-hydrogen) atoms. The molecule has 0 saturated carbocycles. The van der Waals surface area contributed by atoms with E-state index in [1.165, 1.54) is 0 Å². The number of halogens is 2. The van der Waals surface area contributed by atoms with Crippen LogP contribution in [0.1, 0.15) is 6.92 Å². The van der Waals surface area contributed by atoms with Gasteiger partial charge >= 0.3 is 0 Å². The van der Waals surface area contributed by atoms with Crippen LogP contribution in [0.25, 0.3) is 0 Å². The SMILES string of the molecule is C\C=C(I)/C=N\C=C(/N)I. The van der Waals surface area contributed by atoms with Crippen molar-refractivity contribution >= 4 is 51.4 Å². The first-order chi connectivity index (χ1) is 4.66. The third-order valence-corrected chi connectivity index (χ3v) is 1.85. The molecule has 0 aliphatic carbocycles. The van der Waals surface area contributed by atoms with E-state index in [2.05, 4.69) is 27.6 Å². The van der Waals surface area contributed by atoms with Crippen molar-refractivity contribution in [1.82, 2.24) is 0 Å². The van der Waals surface area contributed by atoms with Gasteiger partial charge in [-0.25, -0.2) is 0 Å². The van der Waals surface area contributed by atoms with Gasteiger partial charge in [0.05, 0.1) is 9.90 Å². The Hall–Kier alpha value is 0.410. The lowest BCUT2D eigenvalue weighted by Crippen LogP contribution is -1.83. The van der Waals surface area contributed by atoms with Gasteiger partial charge in [0, 0.05) is 9.79 Å². The van der Waals surface area contributed by atoms with Crippen LogP contribution >= 0.6 is 45.2 Å². The molecule has 0 radical (unpaired) electrons. The summed E-state index contributed by atoms with van der Waals surface area (Å²) in [6.07, 6.45) is 5.34. The number of aliphatic imine (C=N–C) groups is 1. The summed E-state index contributed by atoms with van der Waals surface area (Å²) in [6, 6.07) is 0. The molecule has 0 aliphatic heterocycles. The lowest BCUT2D eigenvalue weighted by Gasteiger charge is -1.83. The zero-order chi connectivity index (χ0) is 7.98. The summed E-state index contributed by atoms with van der Waals surface area (Å²) in [7, 11) is 0. The number of rotatable bonds is 2. The maximum atomic E-state index is 5.33. The summed E-state index contributed by atoms with van der Waals surface area (Å²) < 4.78 is 1.79. The van der Waals surface area contributed by atoms with Crippen molar-refractivity contribution in [2.45, 2.75) is 6.92 Å². The second-order valence-corrected chi connectivity index (χ2v) is 3.96. The largest absolute Gasteiger partial charge is 0.393 e. The molecule has 0 heterocycles. The van der Waals surface area contributed by atoms with Crippen molar-refractivity contribution in [2.24, 2.45) is 10.7 Å². The van der Waals surface area contributed by atoms with Crippen LogP contribution in [0.15, 0.2) is 24.6 Å². The standard InChI is InChI=1S/C6H8I2N2/c1-2-5(7)3-10-4-6(8)9/h2-4H,9H2,1H3/b5-2+,6-4-,10-3-. The predicted octanol–water partition coefficient (Wildman–Crippen LogP) is 2.59. The van der Waals surface area contributed by atoms with E-state index in [9.17, 15) is 0 Å². The highest BCUT2D eigenvalue weighted by Gasteiger charge is 1.78. The molecule has 0 amide bonds. The second kappa shape index (κ2) is 6.14. The molecule has 0 spiro atoms. The molecular formula is C6H8I2N2. The first-order valence-corrected chi connectivity index (χ1v) is 4.78. The fourth-order valence-corrected chi connectivity index (χ4v) is 0.576. The third kappa shape index (κ3) is 6.53. The van der Waals surface area contributed by atoms with Gasteiger partial charge in [-0.05, 0) is 52.1 Å². The molecule has 56 valence electrons. The van der Waals surface area contributed by atoms with Crippen molar-refractivity contribution in [3.8, 4) is 0 Å². The average molecular weight is 362 g/mol. The van der Waals surface area contributed by atoms with E-state index in [-0.39, 0.29) is 0 Å². The number of hydrogen-bond donors (Lipinski definition) is 1. The van der Waals surface area contributed by atoms with E-state index in [0.717, 1.165) is 3.58 Å². The molecule has 0 fully saturated rings. The zero-order valence-corrected chi connectivity index (χ0v) is 9.83. The van der Waals surface area contributed by atoms with Gasteiger partial charge < -0.3 is 5.73 Å². The lowest BCUT2D eigenvalue weighted by atomic mass is 10.6. The Bertz CT molecular complexity index is 178. The van der Waals surface area contributed by atoms with Gasteiger partial charge in [0.15, 0.2) is 0 Å². The smallest absolute Gasteiger partial charge is 0.0891 e. The Labute approximate surface area is 87.9 Å². The summed E-state index contributed by atoms with van der Waals surface area (Å²) in [6.45, 7) is 1.96. The molecule has 0 aliphatic rings. The quantitative estimate of drug-likeness (QED) is 0.458. The van der Waals surface area contributed by atoms with Crippen molar-refractivity contribution in [3.63, 3.8) is 0 Å². The van der Waals surface area contributed by atoms with E-state index in [1.807, 2.05) is 35.6 Å². The van der Waals surface area contributed by atoms with E-state index in [0.29, 0.717) is 3.70 Å². The molecule has 0 aromatic carbocycles. The minimum atomic E-state index is 0.689. The summed E-state index contributed by atoms with van der Waals surface area (Å²) in [5.74, 6) is 0. The van der Waals surface area contributed by atoms with Crippen LogP contribution < -0.4 is 5.73 Å². The van der Waals surface area contributed by atoms with Crippen molar-refractivity contribution < 1.29 is 0 Å². The summed E-state index contributed by atoms with van der Waals surface area (Å²) in [5, 5.41) is 0. The molecular weight excluding hydrogens is 354 g/mol. The van der Waals surface area contributed by atoms with Gasteiger partial charge in [0.1, 0.15) is 0 Å². The molecule has 0 atom stereocenters. The summed E-state index contributed by atoms with van der Waals surface area (Å²) in [5.41, 5.74) is 5.33. The molecule has 0 saturated heterocycles. The number of nitrogens with two attached hydrogens (primary N) is 1. The number of hydrogen-bond acceptors (Lipinski definition) is 2. The zero-order valence-electron chi connectivity index (χ0n) is 5.51. The van der Waals surface area contributed by atoms with Crippen molar-refractivity contribution in [1.29, 1.82) is 0 Å². The highest BCUT2D eigenvalue weighted by Crippen LogP contribution is 2.01. The molecule has 0 aromatic rings. The van der Waals surface area contributed by atoms with Gasteiger partial charge in [-0.15, -0.1) is 0 Å². The first-order valence-electron chi connectivity index (χ1n) is 2.63. The molecule has 2 N–H and O–H groups in total. The lowest BCUT2D eigenvalue weighted by molar-refractivity contribution is 1.48. The Balaban J connectivity index is 3.90. The first kappa shape index (κ1) is 10.4. The molecule has 0 unspecified atom stereocenters. The third-order valence-electron chi connectivity index (χ3n) is 0.672. The fourth-order valence-electron chi connectivity index (χ4n) is 0.254. The van der Waals surface area contributed by atoms with Crippen LogP contribution in [0.2, 0.25) is 0 Å². The minimum Gasteiger partial charge on any atom is -0.393 e. The monoisotopic (exact) mass is 362 g/mol. The van der Waals surface area contributed by atoms with Gasteiger partial charge in [-0.2, -0.15) is 0 Å².